The highest BCUT2D eigenvalue weighted by Gasteiger charge is 2.19. The maximum atomic E-state index is 12.2. The Morgan fingerprint density at radius 2 is 1.76 bits per heavy atom. The van der Waals surface area contributed by atoms with Crippen LogP contribution in [0, 0.1) is 0 Å². The van der Waals surface area contributed by atoms with Crippen LogP contribution in [-0.4, -0.2) is 63.4 Å². The van der Waals surface area contributed by atoms with Crippen molar-refractivity contribution in [3.63, 3.8) is 0 Å². The zero-order valence-corrected chi connectivity index (χ0v) is 15.3. The number of amides is 2. The first-order chi connectivity index (χ1) is 12.1. The van der Waals surface area contributed by atoms with Crippen LogP contribution >= 0.6 is 0 Å². The van der Waals surface area contributed by atoms with Crippen LogP contribution in [0.3, 0.4) is 0 Å². The monoisotopic (exact) mass is 346 g/mol. The molecule has 0 aromatic heterocycles. The molecule has 0 bridgehead atoms. The van der Waals surface area contributed by atoms with E-state index in [0.29, 0.717) is 0 Å². The number of carbonyl (C=O) groups excluding carboxylic acids is 1. The molecule has 1 atom stereocenters. The Morgan fingerprint density at radius 1 is 1.12 bits per heavy atom. The molecule has 1 aromatic carbocycles. The van der Waals surface area contributed by atoms with Gasteiger partial charge < -0.3 is 25.2 Å². The number of rotatable bonds is 4. The number of ether oxygens (including phenoxy) is 1. The Kier molecular flexibility index (Phi) is 6.15. The predicted octanol–water partition coefficient (Wildman–Crippen LogP) is 1.98. The van der Waals surface area contributed by atoms with E-state index in [1.807, 2.05) is 6.92 Å². The fraction of sp³-hybridized carbons (Fsp3) is 0.632. The van der Waals surface area contributed by atoms with Crippen molar-refractivity contribution >= 4 is 11.7 Å². The molecule has 2 aliphatic rings. The molecule has 2 fully saturated rings. The zero-order chi connectivity index (χ0) is 17.6. The van der Waals surface area contributed by atoms with Crippen molar-refractivity contribution < 1.29 is 9.53 Å². The topological polar surface area (TPSA) is 56.8 Å². The summed E-state index contributed by atoms with van der Waals surface area (Å²) in [4.78, 5) is 16.9. The van der Waals surface area contributed by atoms with Gasteiger partial charge in [0, 0.05) is 24.8 Å². The van der Waals surface area contributed by atoms with Gasteiger partial charge in [0.2, 0.25) is 0 Å². The molecule has 0 saturated carbocycles. The molecule has 2 aliphatic heterocycles. The van der Waals surface area contributed by atoms with Gasteiger partial charge in [-0.25, -0.2) is 4.79 Å². The number of urea groups is 1. The second-order valence-corrected chi connectivity index (χ2v) is 7.11. The molecule has 0 spiro atoms. The number of hydrogen-bond acceptors (Lipinski definition) is 4. The van der Waals surface area contributed by atoms with Gasteiger partial charge in [-0.2, -0.15) is 0 Å². The molecule has 3 rings (SSSR count). The number of likely N-dealkylation sites (tertiary alicyclic amines) is 1. The number of nitrogens with zero attached hydrogens (tertiary/aromatic N) is 2. The van der Waals surface area contributed by atoms with Crippen LogP contribution in [0.4, 0.5) is 10.5 Å². The Morgan fingerprint density at radius 3 is 2.40 bits per heavy atom. The molecule has 6 heteroatoms. The van der Waals surface area contributed by atoms with Crippen LogP contribution in [0.25, 0.3) is 0 Å². The van der Waals surface area contributed by atoms with Crippen molar-refractivity contribution in [3.8, 4) is 0 Å². The Bertz CT molecular complexity index is 549. The van der Waals surface area contributed by atoms with Gasteiger partial charge in [0.05, 0.1) is 19.3 Å². The van der Waals surface area contributed by atoms with Crippen molar-refractivity contribution in [2.45, 2.75) is 31.8 Å². The summed E-state index contributed by atoms with van der Waals surface area (Å²) >= 11 is 0. The van der Waals surface area contributed by atoms with Gasteiger partial charge in [-0.15, -0.1) is 0 Å². The van der Waals surface area contributed by atoms with E-state index in [-0.39, 0.29) is 18.1 Å². The van der Waals surface area contributed by atoms with Crippen molar-refractivity contribution in [1.82, 2.24) is 15.5 Å². The second-order valence-electron chi connectivity index (χ2n) is 7.11. The van der Waals surface area contributed by atoms with Crippen molar-refractivity contribution in [2.24, 2.45) is 0 Å². The number of morpholine rings is 1. The summed E-state index contributed by atoms with van der Waals surface area (Å²) < 4.78 is 5.40. The summed E-state index contributed by atoms with van der Waals surface area (Å²) in [7, 11) is 2.12. The Hall–Kier alpha value is -1.79. The standard InChI is InChI=1S/C19H30N4O2/c1-15(20-19(24)21-17-7-9-22(2)10-8-17)16-3-5-18(6-4-16)23-11-13-25-14-12-23/h3-6,15,17H,7-14H2,1-2H3,(H2,20,21,24). The number of hydrogen-bond donors (Lipinski definition) is 2. The summed E-state index contributed by atoms with van der Waals surface area (Å²) in [5.41, 5.74) is 2.34. The van der Waals surface area contributed by atoms with Crippen LogP contribution in [0.2, 0.25) is 0 Å². The van der Waals surface area contributed by atoms with Gasteiger partial charge in [0.1, 0.15) is 0 Å². The minimum Gasteiger partial charge on any atom is -0.378 e. The van der Waals surface area contributed by atoms with Gasteiger partial charge in [-0.3, -0.25) is 0 Å². The molecule has 2 saturated heterocycles. The van der Waals surface area contributed by atoms with Gasteiger partial charge in [0.25, 0.3) is 0 Å². The maximum absolute atomic E-state index is 12.2. The third-order valence-electron chi connectivity index (χ3n) is 5.17. The average molecular weight is 346 g/mol. The first-order valence-electron chi connectivity index (χ1n) is 9.30. The number of benzene rings is 1. The molecule has 6 nitrogen and oxygen atoms in total. The summed E-state index contributed by atoms with van der Waals surface area (Å²) in [6, 6.07) is 8.68. The predicted molar refractivity (Wildman–Crippen MR) is 100 cm³/mol. The van der Waals surface area contributed by atoms with E-state index >= 15 is 0 Å². The van der Waals surface area contributed by atoms with E-state index in [4.69, 9.17) is 4.74 Å². The van der Waals surface area contributed by atoms with Crippen molar-refractivity contribution in [3.05, 3.63) is 29.8 Å². The lowest BCUT2D eigenvalue weighted by Gasteiger charge is -2.30. The normalized spacial score (nSPS) is 21.0. The highest BCUT2D eigenvalue weighted by Crippen LogP contribution is 2.20. The van der Waals surface area contributed by atoms with E-state index in [1.54, 1.807) is 0 Å². The van der Waals surface area contributed by atoms with Crippen LogP contribution < -0.4 is 15.5 Å². The third-order valence-corrected chi connectivity index (χ3v) is 5.17. The lowest BCUT2D eigenvalue weighted by Crippen LogP contribution is -2.47. The maximum Gasteiger partial charge on any atom is 0.315 e. The summed E-state index contributed by atoms with van der Waals surface area (Å²) in [5, 5.41) is 6.16. The first-order valence-corrected chi connectivity index (χ1v) is 9.30. The van der Waals surface area contributed by atoms with E-state index in [2.05, 4.69) is 51.7 Å². The van der Waals surface area contributed by atoms with Crippen LogP contribution in [0.15, 0.2) is 24.3 Å². The molecule has 2 N–H and O–H groups in total. The smallest absolute Gasteiger partial charge is 0.315 e. The molecule has 0 aliphatic carbocycles. The third kappa shape index (κ3) is 5.09. The highest BCUT2D eigenvalue weighted by molar-refractivity contribution is 5.74. The van der Waals surface area contributed by atoms with Gasteiger partial charge in [-0.05, 0) is 57.6 Å². The number of carbonyl (C=O) groups is 1. The molecule has 25 heavy (non-hydrogen) atoms. The minimum atomic E-state index is -0.0701. The lowest BCUT2D eigenvalue weighted by molar-refractivity contribution is 0.122. The molecular weight excluding hydrogens is 316 g/mol. The van der Waals surface area contributed by atoms with E-state index in [1.165, 1.54) is 5.69 Å². The molecule has 1 unspecified atom stereocenters. The van der Waals surface area contributed by atoms with Crippen LogP contribution in [0.5, 0.6) is 0 Å². The van der Waals surface area contributed by atoms with Gasteiger partial charge in [0.15, 0.2) is 0 Å². The molecule has 0 radical (unpaired) electrons. The first kappa shape index (κ1) is 18.0. The molecule has 1 aromatic rings. The van der Waals surface area contributed by atoms with E-state index in [0.717, 1.165) is 57.8 Å². The largest absolute Gasteiger partial charge is 0.378 e. The minimum absolute atomic E-state index is 0.00926. The molecule has 2 heterocycles. The summed E-state index contributed by atoms with van der Waals surface area (Å²) in [6.45, 7) is 7.57. The number of nitrogens with one attached hydrogen (secondary N) is 2. The summed E-state index contributed by atoms with van der Waals surface area (Å²) in [6.07, 6.45) is 2.04. The highest BCUT2D eigenvalue weighted by atomic mass is 16.5. The van der Waals surface area contributed by atoms with Crippen LogP contribution in [0.1, 0.15) is 31.4 Å². The molecular formula is C19H30N4O2. The quantitative estimate of drug-likeness (QED) is 0.875. The van der Waals surface area contributed by atoms with Crippen LogP contribution in [-0.2, 0) is 4.74 Å². The fourth-order valence-corrected chi connectivity index (χ4v) is 3.46. The SMILES string of the molecule is CC(NC(=O)NC1CCN(C)CC1)c1ccc(N2CCOCC2)cc1. The Balaban J connectivity index is 1.48. The van der Waals surface area contributed by atoms with Crippen molar-refractivity contribution in [2.75, 3.05) is 51.3 Å². The Labute approximate surface area is 150 Å². The van der Waals surface area contributed by atoms with E-state index < -0.39 is 0 Å². The number of anilines is 1. The molecule has 2 amide bonds. The summed E-state index contributed by atoms with van der Waals surface area (Å²) in [5.74, 6) is 0. The van der Waals surface area contributed by atoms with Gasteiger partial charge >= 0.3 is 6.03 Å². The number of piperidine rings is 1. The van der Waals surface area contributed by atoms with E-state index in [9.17, 15) is 4.79 Å². The average Bonchev–Trinajstić information content (AvgIpc) is 2.64. The zero-order valence-electron chi connectivity index (χ0n) is 15.3. The second kappa shape index (κ2) is 8.54. The fourth-order valence-electron chi connectivity index (χ4n) is 3.46. The lowest BCUT2D eigenvalue weighted by atomic mass is 10.1. The van der Waals surface area contributed by atoms with Crippen molar-refractivity contribution in [1.29, 1.82) is 0 Å². The van der Waals surface area contributed by atoms with Gasteiger partial charge in [-0.1, -0.05) is 12.1 Å². The molecule has 138 valence electrons.